The van der Waals surface area contributed by atoms with Gasteiger partial charge in [0, 0.05) is 17.0 Å². The molecular formula is C21H19N3O2S. The van der Waals surface area contributed by atoms with Gasteiger partial charge in [0.15, 0.2) is 5.76 Å². The Morgan fingerprint density at radius 3 is 2.59 bits per heavy atom. The van der Waals surface area contributed by atoms with Crippen molar-refractivity contribution >= 4 is 11.3 Å². The van der Waals surface area contributed by atoms with Crippen molar-refractivity contribution in [1.29, 1.82) is 0 Å². The summed E-state index contributed by atoms with van der Waals surface area (Å²) in [6.45, 7) is 0. The van der Waals surface area contributed by atoms with Gasteiger partial charge < -0.3 is 15.0 Å². The highest BCUT2D eigenvalue weighted by molar-refractivity contribution is 7.10. The molecule has 0 saturated heterocycles. The molecular weight excluding hydrogens is 358 g/mol. The van der Waals surface area contributed by atoms with E-state index in [1.54, 1.807) is 7.11 Å². The second-order valence-electron chi connectivity index (χ2n) is 6.17. The van der Waals surface area contributed by atoms with Crippen LogP contribution in [0.3, 0.4) is 0 Å². The zero-order chi connectivity index (χ0) is 18.6. The van der Waals surface area contributed by atoms with E-state index < -0.39 is 0 Å². The summed E-state index contributed by atoms with van der Waals surface area (Å²) in [7, 11) is 1.66. The van der Waals surface area contributed by atoms with Crippen LogP contribution in [0.25, 0.3) is 22.7 Å². The molecule has 136 valence electrons. The molecule has 2 aromatic carbocycles. The molecule has 0 amide bonds. The minimum atomic E-state index is -0.173. The molecule has 0 saturated carbocycles. The maximum Gasteiger partial charge on any atom is 0.186 e. The molecule has 0 spiro atoms. The Labute approximate surface area is 161 Å². The van der Waals surface area contributed by atoms with Gasteiger partial charge in [0.25, 0.3) is 0 Å². The molecule has 1 atom stereocenters. The van der Waals surface area contributed by atoms with Gasteiger partial charge in [-0.15, -0.1) is 11.3 Å². The lowest BCUT2D eigenvalue weighted by atomic mass is 10.1. The van der Waals surface area contributed by atoms with E-state index in [-0.39, 0.29) is 6.04 Å². The van der Waals surface area contributed by atoms with E-state index >= 15 is 0 Å². The van der Waals surface area contributed by atoms with Gasteiger partial charge in [-0.25, -0.2) is 4.98 Å². The molecule has 2 heterocycles. The smallest absolute Gasteiger partial charge is 0.186 e. The monoisotopic (exact) mass is 377 g/mol. The number of nitrogens with zero attached hydrogens (tertiary/aromatic N) is 2. The van der Waals surface area contributed by atoms with Crippen LogP contribution in [-0.2, 0) is 6.42 Å². The van der Waals surface area contributed by atoms with Crippen LogP contribution >= 0.6 is 11.3 Å². The number of ether oxygens (including phenoxy) is 1. The first-order valence-electron chi connectivity index (χ1n) is 8.59. The van der Waals surface area contributed by atoms with Gasteiger partial charge in [-0.2, -0.15) is 0 Å². The predicted octanol–water partition coefficient (Wildman–Crippen LogP) is 4.72. The van der Waals surface area contributed by atoms with E-state index in [0.29, 0.717) is 12.2 Å². The van der Waals surface area contributed by atoms with Crippen molar-refractivity contribution < 1.29 is 9.26 Å². The normalized spacial score (nSPS) is 12.1. The minimum Gasteiger partial charge on any atom is -0.497 e. The molecule has 0 aliphatic rings. The number of hydrogen-bond donors (Lipinski definition) is 1. The van der Waals surface area contributed by atoms with E-state index in [0.717, 1.165) is 33.3 Å². The predicted molar refractivity (Wildman–Crippen MR) is 107 cm³/mol. The second kappa shape index (κ2) is 7.73. The van der Waals surface area contributed by atoms with Crippen molar-refractivity contribution in [3.05, 3.63) is 76.6 Å². The number of thiazole rings is 1. The Hall–Kier alpha value is -2.96. The van der Waals surface area contributed by atoms with Crippen LogP contribution in [-0.4, -0.2) is 17.3 Å². The van der Waals surface area contributed by atoms with E-state index in [4.69, 9.17) is 15.0 Å². The quantitative estimate of drug-likeness (QED) is 0.526. The SMILES string of the molecule is COc1ccc(CC(N)c2nc(-c3cc(-c4ccccc4)no3)cs2)cc1. The molecule has 0 aliphatic heterocycles. The first-order chi connectivity index (χ1) is 13.2. The molecule has 0 fully saturated rings. The van der Waals surface area contributed by atoms with Gasteiger partial charge in [0.1, 0.15) is 22.1 Å². The first kappa shape index (κ1) is 17.5. The minimum absolute atomic E-state index is 0.173. The molecule has 4 rings (SSSR count). The molecule has 0 aliphatic carbocycles. The van der Waals surface area contributed by atoms with Crippen LogP contribution in [0.4, 0.5) is 0 Å². The topological polar surface area (TPSA) is 74.2 Å². The fraction of sp³-hybridized carbons (Fsp3) is 0.143. The largest absolute Gasteiger partial charge is 0.497 e. The van der Waals surface area contributed by atoms with Crippen LogP contribution in [0.5, 0.6) is 5.75 Å². The van der Waals surface area contributed by atoms with Crippen molar-refractivity contribution in [2.24, 2.45) is 5.73 Å². The fourth-order valence-corrected chi connectivity index (χ4v) is 3.63. The molecule has 1 unspecified atom stereocenters. The zero-order valence-corrected chi connectivity index (χ0v) is 15.6. The third-order valence-corrected chi connectivity index (χ3v) is 5.26. The summed E-state index contributed by atoms with van der Waals surface area (Å²) < 4.78 is 10.7. The van der Waals surface area contributed by atoms with Crippen molar-refractivity contribution in [2.45, 2.75) is 12.5 Å². The summed E-state index contributed by atoms with van der Waals surface area (Å²) >= 11 is 1.54. The highest BCUT2D eigenvalue weighted by atomic mass is 32.1. The van der Waals surface area contributed by atoms with Gasteiger partial charge >= 0.3 is 0 Å². The van der Waals surface area contributed by atoms with Crippen molar-refractivity contribution in [3.8, 4) is 28.5 Å². The summed E-state index contributed by atoms with van der Waals surface area (Å²) in [6.07, 6.45) is 0.711. The second-order valence-corrected chi connectivity index (χ2v) is 7.06. The number of aromatic nitrogens is 2. The number of benzene rings is 2. The van der Waals surface area contributed by atoms with Crippen molar-refractivity contribution in [3.63, 3.8) is 0 Å². The van der Waals surface area contributed by atoms with Crippen molar-refractivity contribution in [1.82, 2.24) is 10.1 Å². The highest BCUT2D eigenvalue weighted by Crippen LogP contribution is 2.29. The molecule has 5 nitrogen and oxygen atoms in total. The number of methoxy groups -OCH3 is 1. The molecule has 4 aromatic rings. The van der Waals surface area contributed by atoms with Gasteiger partial charge in [0.05, 0.1) is 13.2 Å². The summed E-state index contributed by atoms with van der Waals surface area (Å²) in [4.78, 5) is 4.65. The Kier molecular flexibility index (Phi) is 5.00. The first-order valence-corrected chi connectivity index (χ1v) is 9.47. The standard InChI is InChI=1S/C21H19N3O2S/c1-25-16-9-7-14(8-10-16)11-17(22)21-23-19(13-27-21)20-12-18(24-26-20)15-5-3-2-4-6-15/h2-10,12-13,17H,11,22H2,1H3. The third kappa shape index (κ3) is 3.92. The summed E-state index contributed by atoms with van der Waals surface area (Å²) in [5.41, 5.74) is 10.1. The molecule has 2 aromatic heterocycles. The lowest BCUT2D eigenvalue weighted by molar-refractivity contribution is 0.414. The van der Waals surface area contributed by atoms with Gasteiger partial charge in [-0.05, 0) is 24.1 Å². The summed E-state index contributed by atoms with van der Waals surface area (Å²) in [5, 5.41) is 6.98. The fourth-order valence-electron chi connectivity index (χ4n) is 2.81. The lowest BCUT2D eigenvalue weighted by Gasteiger charge is -2.09. The van der Waals surface area contributed by atoms with E-state index in [9.17, 15) is 0 Å². The molecule has 0 bridgehead atoms. The Morgan fingerprint density at radius 2 is 1.85 bits per heavy atom. The van der Waals surface area contributed by atoms with Crippen molar-refractivity contribution in [2.75, 3.05) is 7.11 Å². The summed E-state index contributed by atoms with van der Waals surface area (Å²) in [6, 6.07) is 19.6. The molecule has 27 heavy (non-hydrogen) atoms. The van der Waals surface area contributed by atoms with E-state index in [1.165, 1.54) is 11.3 Å². The average molecular weight is 377 g/mol. The van der Waals surface area contributed by atoms with E-state index in [2.05, 4.69) is 10.1 Å². The highest BCUT2D eigenvalue weighted by Gasteiger charge is 2.16. The average Bonchev–Trinajstić information content (AvgIpc) is 3.39. The number of nitrogens with two attached hydrogens (primary N) is 1. The third-order valence-electron chi connectivity index (χ3n) is 4.29. The maximum atomic E-state index is 6.36. The van der Waals surface area contributed by atoms with Crippen LogP contribution < -0.4 is 10.5 Å². The number of hydrogen-bond acceptors (Lipinski definition) is 6. The van der Waals surface area contributed by atoms with Gasteiger partial charge in [-0.1, -0.05) is 47.6 Å². The summed E-state index contributed by atoms with van der Waals surface area (Å²) in [5.74, 6) is 1.48. The Balaban J connectivity index is 1.48. The van der Waals surface area contributed by atoms with Crippen LogP contribution in [0.1, 0.15) is 16.6 Å². The lowest BCUT2D eigenvalue weighted by Crippen LogP contribution is -2.13. The van der Waals surface area contributed by atoms with Gasteiger partial charge in [0.2, 0.25) is 0 Å². The number of rotatable bonds is 6. The Bertz CT molecular complexity index is 1010. The molecule has 0 radical (unpaired) electrons. The van der Waals surface area contributed by atoms with Crippen LogP contribution in [0.2, 0.25) is 0 Å². The molecule has 2 N–H and O–H groups in total. The van der Waals surface area contributed by atoms with Gasteiger partial charge in [-0.3, -0.25) is 0 Å². The molecule has 6 heteroatoms. The van der Waals surface area contributed by atoms with Crippen LogP contribution in [0.15, 0.2) is 70.6 Å². The van der Waals surface area contributed by atoms with E-state index in [1.807, 2.05) is 66.0 Å². The van der Waals surface area contributed by atoms with Crippen LogP contribution in [0, 0.1) is 0 Å². The Morgan fingerprint density at radius 1 is 1.07 bits per heavy atom. The maximum absolute atomic E-state index is 6.36. The zero-order valence-electron chi connectivity index (χ0n) is 14.8.